The van der Waals surface area contributed by atoms with Crippen molar-refractivity contribution in [1.29, 1.82) is 0 Å². The van der Waals surface area contributed by atoms with Gasteiger partial charge in [-0.2, -0.15) is 0 Å². The van der Waals surface area contributed by atoms with Crippen molar-refractivity contribution in [2.75, 3.05) is 26.4 Å². The van der Waals surface area contributed by atoms with Crippen LogP contribution in [0, 0.1) is 11.8 Å². The number of allylic oxidation sites excluding steroid dienone is 2. The Morgan fingerprint density at radius 1 is 0.712 bits per heavy atom. The van der Waals surface area contributed by atoms with Crippen LogP contribution in [0.1, 0.15) is 213 Å². The fourth-order valence-corrected chi connectivity index (χ4v) is 8.74. The van der Waals surface area contributed by atoms with Crippen LogP contribution in [0.15, 0.2) is 24.3 Å². The van der Waals surface area contributed by atoms with Gasteiger partial charge in [-0.05, 0) is 38.0 Å². The summed E-state index contributed by atoms with van der Waals surface area (Å²) in [6, 6.07) is 0. The smallest absolute Gasteiger partial charge is 0.462 e. The number of hydrogen-bond acceptors (Lipinski definition) is 13. The summed E-state index contributed by atoms with van der Waals surface area (Å²) in [5, 5.41) is 49.4. The van der Waals surface area contributed by atoms with Crippen LogP contribution in [-0.2, 0) is 37.4 Å². The van der Waals surface area contributed by atoms with Gasteiger partial charge in [0, 0.05) is 25.2 Å². The van der Waals surface area contributed by atoms with Crippen LogP contribution in [0.3, 0.4) is 0 Å². The van der Waals surface area contributed by atoms with Crippen LogP contribution in [-0.4, -0.2) is 106 Å². The van der Waals surface area contributed by atoms with E-state index >= 15 is 0 Å². The molecule has 0 amide bonds. The van der Waals surface area contributed by atoms with Crippen molar-refractivity contribution in [3.05, 3.63) is 24.3 Å². The fraction of sp³-hybridized carbons (Fsp3) is 0.882. The first kappa shape index (κ1) is 62.3. The summed E-state index contributed by atoms with van der Waals surface area (Å²) in [5.41, 5.74) is 0. The number of aliphatic hydroxyl groups excluding tert-OH is 5. The SMILES string of the molecule is CCCCC[C@H](O)/C=C/[C@H]1OC(O)C[C@H](O)[C@@H]1C/C=C\CCCC(=O)OC[C@H](COP(=O)(O)OC[C@@H](O)CO)OC(=O)CCCCCCCCCCCCCCCCCCCCC(C)CC. The van der Waals surface area contributed by atoms with Crippen molar-refractivity contribution in [1.82, 2.24) is 0 Å². The average Bonchev–Trinajstić information content (AvgIpc) is 3.29. The minimum atomic E-state index is -4.69. The van der Waals surface area contributed by atoms with Crippen molar-refractivity contribution in [3.8, 4) is 0 Å². The first-order valence-electron chi connectivity index (χ1n) is 26.1. The van der Waals surface area contributed by atoms with E-state index in [1.54, 1.807) is 12.2 Å². The van der Waals surface area contributed by atoms with Crippen molar-refractivity contribution in [3.63, 3.8) is 0 Å². The van der Waals surface area contributed by atoms with Gasteiger partial charge in [0.1, 0.15) is 12.7 Å². The minimum absolute atomic E-state index is 0.0498. The highest BCUT2D eigenvalue weighted by Gasteiger charge is 2.35. The van der Waals surface area contributed by atoms with Crippen molar-refractivity contribution >= 4 is 19.8 Å². The van der Waals surface area contributed by atoms with E-state index in [-0.39, 0.29) is 25.2 Å². The molecule has 1 fully saturated rings. The van der Waals surface area contributed by atoms with E-state index in [2.05, 4.69) is 20.8 Å². The van der Waals surface area contributed by atoms with Crippen LogP contribution >= 0.6 is 7.82 Å². The van der Waals surface area contributed by atoms with Gasteiger partial charge in [0.15, 0.2) is 12.4 Å². The van der Waals surface area contributed by atoms with Gasteiger partial charge in [-0.25, -0.2) is 4.57 Å². The van der Waals surface area contributed by atoms with Gasteiger partial charge >= 0.3 is 19.8 Å². The summed E-state index contributed by atoms with van der Waals surface area (Å²) in [6.45, 7) is 4.38. The quantitative estimate of drug-likeness (QED) is 0.0145. The lowest BCUT2D eigenvalue weighted by molar-refractivity contribution is -0.199. The molecule has 66 heavy (non-hydrogen) atoms. The molecular weight excluding hydrogens is 868 g/mol. The van der Waals surface area contributed by atoms with E-state index in [1.165, 1.54) is 103 Å². The van der Waals surface area contributed by atoms with E-state index in [9.17, 15) is 39.5 Å². The lowest BCUT2D eigenvalue weighted by Gasteiger charge is -2.36. The number of carbonyl (C=O) groups excluding carboxylic acids is 2. The highest BCUT2D eigenvalue weighted by atomic mass is 31.2. The molecule has 0 aromatic rings. The highest BCUT2D eigenvalue weighted by molar-refractivity contribution is 7.47. The monoisotopic (exact) mass is 963 g/mol. The zero-order chi connectivity index (χ0) is 48.7. The molecule has 0 aromatic heterocycles. The number of phosphoric acid groups is 1. The molecule has 1 rings (SSSR count). The Bertz CT molecular complexity index is 1280. The Balaban J connectivity index is 2.37. The second-order valence-electron chi connectivity index (χ2n) is 18.7. The molecule has 388 valence electrons. The van der Waals surface area contributed by atoms with Crippen LogP contribution in [0.5, 0.6) is 0 Å². The van der Waals surface area contributed by atoms with E-state index in [1.807, 2.05) is 12.2 Å². The molecule has 1 aliphatic rings. The van der Waals surface area contributed by atoms with Gasteiger partial charge in [0.25, 0.3) is 0 Å². The minimum Gasteiger partial charge on any atom is -0.462 e. The Labute approximate surface area is 399 Å². The maximum absolute atomic E-state index is 12.7. The summed E-state index contributed by atoms with van der Waals surface area (Å²) < 4.78 is 38.5. The van der Waals surface area contributed by atoms with Crippen LogP contribution in [0.25, 0.3) is 0 Å². The Kier molecular flexibility index (Phi) is 38.8. The second-order valence-corrected chi connectivity index (χ2v) is 20.1. The number of rotatable bonds is 44. The number of aliphatic hydroxyl groups is 5. The Hall–Kier alpha value is -1.71. The largest absolute Gasteiger partial charge is 0.472 e. The van der Waals surface area contributed by atoms with Crippen LogP contribution < -0.4 is 0 Å². The Morgan fingerprint density at radius 3 is 1.83 bits per heavy atom. The molecule has 1 heterocycles. The normalized spacial score (nSPS) is 20.6. The number of phosphoric ester groups is 1. The molecule has 15 heteroatoms. The second kappa shape index (κ2) is 41.1. The lowest BCUT2D eigenvalue weighted by Crippen LogP contribution is -2.43. The molecule has 0 aromatic carbocycles. The predicted octanol–water partition coefficient (Wildman–Crippen LogP) is 10.5. The topological polar surface area (TPSA) is 219 Å². The van der Waals surface area contributed by atoms with Gasteiger partial charge < -0.3 is 44.6 Å². The summed E-state index contributed by atoms with van der Waals surface area (Å²) in [6.07, 6.45) is 31.8. The zero-order valence-electron chi connectivity index (χ0n) is 41.4. The predicted molar refractivity (Wildman–Crippen MR) is 259 cm³/mol. The number of carbonyl (C=O) groups is 2. The van der Waals surface area contributed by atoms with Gasteiger partial charge in [0.05, 0.1) is 38.1 Å². The van der Waals surface area contributed by atoms with Crippen LogP contribution in [0.2, 0.25) is 0 Å². The molecule has 1 aliphatic heterocycles. The molecule has 14 nitrogen and oxygen atoms in total. The van der Waals surface area contributed by atoms with Gasteiger partial charge in [-0.3, -0.25) is 18.6 Å². The van der Waals surface area contributed by atoms with Crippen LogP contribution in [0.4, 0.5) is 0 Å². The number of unbranched alkanes of at least 4 members (excludes halogenated alkanes) is 20. The van der Waals surface area contributed by atoms with E-state index in [0.29, 0.717) is 32.1 Å². The summed E-state index contributed by atoms with van der Waals surface area (Å²) in [7, 11) is -4.69. The molecule has 3 unspecified atom stereocenters. The summed E-state index contributed by atoms with van der Waals surface area (Å²) in [5.74, 6) is -0.555. The lowest BCUT2D eigenvalue weighted by atomic mass is 9.87. The number of ether oxygens (including phenoxy) is 3. The van der Waals surface area contributed by atoms with Crippen molar-refractivity contribution in [2.24, 2.45) is 11.8 Å². The molecule has 9 atom stereocenters. The van der Waals surface area contributed by atoms with Crippen molar-refractivity contribution < 1.29 is 67.8 Å². The van der Waals surface area contributed by atoms with Gasteiger partial charge in [0.2, 0.25) is 0 Å². The maximum Gasteiger partial charge on any atom is 0.472 e. The molecule has 0 bridgehead atoms. The number of hydrogen-bond donors (Lipinski definition) is 6. The molecule has 0 spiro atoms. The highest BCUT2D eigenvalue weighted by Crippen LogP contribution is 2.43. The van der Waals surface area contributed by atoms with Crippen molar-refractivity contribution in [2.45, 2.75) is 250 Å². The maximum atomic E-state index is 12.7. The molecule has 0 radical (unpaired) electrons. The molecular formula is C51H95O14P. The van der Waals surface area contributed by atoms with E-state index in [0.717, 1.165) is 44.4 Å². The fourth-order valence-electron chi connectivity index (χ4n) is 7.95. The third-order valence-corrected chi connectivity index (χ3v) is 13.4. The third kappa shape index (κ3) is 35.4. The first-order chi connectivity index (χ1) is 31.8. The number of esters is 2. The average molecular weight is 963 g/mol. The van der Waals surface area contributed by atoms with E-state index in [4.69, 9.17) is 28.4 Å². The summed E-state index contributed by atoms with van der Waals surface area (Å²) >= 11 is 0. The zero-order valence-corrected chi connectivity index (χ0v) is 42.3. The molecule has 1 saturated heterocycles. The molecule has 0 saturated carbocycles. The first-order valence-corrected chi connectivity index (χ1v) is 27.6. The Morgan fingerprint density at radius 2 is 1.26 bits per heavy atom. The van der Waals surface area contributed by atoms with Gasteiger partial charge in [-0.1, -0.05) is 186 Å². The molecule has 0 aliphatic carbocycles. The van der Waals surface area contributed by atoms with E-state index < -0.39 is 83.0 Å². The van der Waals surface area contributed by atoms with Gasteiger partial charge in [-0.15, -0.1) is 0 Å². The molecule has 6 N–H and O–H groups in total. The third-order valence-electron chi connectivity index (χ3n) is 12.4. The summed E-state index contributed by atoms with van der Waals surface area (Å²) in [4.78, 5) is 35.4. The standard InChI is InChI=1S/C51H95O14P/c1-4-6-25-31-43(53)35-36-48-46(47(55)37-51(58)65-48)32-27-23-24-28-33-49(56)61-40-45(41-63-66(59,60)62-39-44(54)38-52)64-50(57)34-29-22-20-18-16-14-12-10-8-7-9-11-13-15-17-19-21-26-30-42(3)5-2/h23,27,35-36,42-48,51-55,58H,4-22,24-26,28-34,37-41H2,1-3H3,(H,59,60)/b27-23-,36-35+/t42?,43-,44-,45+,46-,47-,48+,51?/m0/s1.